The van der Waals surface area contributed by atoms with Crippen LogP contribution in [0.3, 0.4) is 0 Å². The third kappa shape index (κ3) is 4.70. The van der Waals surface area contributed by atoms with Gasteiger partial charge in [-0.3, -0.25) is 14.2 Å². The summed E-state index contributed by atoms with van der Waals surface area (Å²) in [6, 6.07) is 8.88. The fourth-order valence-electron chi connectivity index (χ4n) is 4.35. The van der Waals surface area contributed by atoms with E-state index in [9.17, 15) is 22.8 Å². The number of sulfone groups is 1. The molecule has 0 radical (unpaired) electrons. The molecular formula is C23H29N5O5S. The lowest BCUT2D eigenvalue weighted by molar-refractivity contribution is -0.132. The van der Waals surface area contributed by atoms with Gasteiger partial charge in [-0.15, -0.1) is 0 Å². The molecule has 1 aliphatic rings. The van der Waals surface area contributed by atoms with E-state index in [1.54, 1.807) is 10.9 Å². The molecule has 1 aliphatic heterocycles. The van der Waals surface area contributed by atoms with Crippen molar-refractivity contribution in [3.05, 3.63) is 63.1 Å². The number of rotatable bonds is 7. The molecule has 1 amide bonds. The van der Waals surface area contributed by atoms with Crippen LogP contribution in [-0.4, -0.2) is 62.5 Å². The minimum atomic E-state index is -3.18. The van der Waals surface area contributed by atoms with E-state index in [4.69, 9.17) is 0 Å². The van der Waals surface area contributed by atoms with Gasteiger partial charge in [0.05, 0.1) is 24.4 Å². The number of hydrogen-bond acceptors (Lipinski definition) is 6. The molecule has 1 fully saturated rings. The second-order valence-electron chi connectivity index (χ2n) is 9.27. The minimum Gasteiger partial charge on any atom is -0.340 e. The predicted octanol–water partition coefficient (Wildman–Crippen LogP) is 0.710. The van der Waals surface area contributed by atoms with Crippen LogP contribution in [0.15, 0.2) is 46.2 Å². The first kappa shape index (κ1) is 23.9. The van der Waals surface area contributed by atoms with Gasteiger partial charge in [0.25, 0.3) is 5.56 Å². The van der Waals surface area contributed by atoms with Crippen molar-refractivity contribution in [3.8, 4) is 0 Å². The number of aromatic nitrogens is 4. The SMILES string of the molecule is CC(C)Cn1cnc2c1c(=O)n(CC(=O)N(C)[C@H]1CCS(=O)(=O)C1)c(=O)n2Cc1ccccc1. The summed E-state index contributed by atoms with van der Waals surface area (Å²) in [5.74, 6) is -0.333. The summed E-state index contributed by atoms with van der Waals surface area (Å²) in [5.41, 5.74) is 0.191. The minimum absolute atomic E-state index is 0.0272. The molecule has 11 heteroatoms. The monoisotopic (exact) mass is 487 g/mol. The molecule has 3 heterocycles. The summed E-state index contributed by atoms with van der Waals surface area (Å²) >= 11 is 0. The highest BCUT2D eigenvalue weighted by atomic mass is 32.2. The number of fused-ring (bicyclic) bond motifs is 1. The highest BCUT2D eigenvalue weighted by Gasteiger charge is 2.33. The van der Waals surface area contributed by atoms with E-state index in [2.05, 4.69) is 4.98 Å². The highest BCUT2D eigenvalue weighted by Crippen LogP contribution is 2.17. The van der Waals surface area contributed by atoms with E-state index < -0.39 is 39.6 Å². The molecule has 10 nitrogen and oxygen atoms in total. The lowest BCUT2D eigenvalue weighted by Gasteiger charge is -2.24. The zero-order valence-electron chi connectivity index (χ0n) is 19.5. The Morgan fingerprint density at radius 3 is 2.50 bits per heavy atom. The van der Waals surface area contributed by atoms with Gasteiger partial charge >= 0.3 is 5.69 Å². The van der Waals surface area contributed by atoms with Gasteiger partial charge < -0.3 is 9.47 Å². The number of nitrogens with zero attached hydrogens (tertiary/aromatic N) is 5. The summed E-state index contributed by atoms with van der Waals surface area (Å²) in [6.07, 6.45) is 1.90. The van der Waals surface area contributed by atoms with Crippen LogP contribution in [0.4, 0.5) is 0 Å². The van der Waals surface area contributed by atoms with Crippen LogP contribution in [0, 0.1) is 5.92 Å². The van der Waals surface area contributed by atoms with E-state index >= 15 is 0 Å². The Hall–Kier alpha value is -3.21. The van der Waals surface area contributed by atoms with Gasteiger partial charge in [-0.2, -0.15) is 0 Å². The van der Waals surface area contributed by atoms with Crippen molar-refractivity contribution in [3.63, 3.8) is 0 Å². The molecule has 3 aromatic rings. The van der Waals surface area contributed by atoms with Crippen LogP contribution in [-0.2, 0) is 34.3 Å². The summed E-state index contributed by atoms with van der Waals surface area (Å²) in [4.78, 5) is 45.6. The topological polar surface area (TPSA) is 116 Å². The molecule has 182 valence electrons. The predicted molar refractivity (Wildman–Crippen MR) is 128 cm³/mol. The Kier molecular flexibility index (Phi) is 6.48. The Balaban J connectivity index is 1.78. The largest absolute Gasteiger partial charge is 0.340 e. The number of carbonyl (C=O) groups is 1. The van der Waals surface area contributed by atoms with Crippen molar-refractivity contribution in [1.29, 1.82) is 0 Å². The van der Waals surface area contributed by atoms with E-state index in [1.165, 1.54) is 16.5 Å². The average Bonchev–Trinajstić information content (AvgIpc) is 3.36. The number of carbonyl (C=O) groups excluding carboxylic acids is 1. The molecule has 0 saturated carbocycles. The molecule has 1 aromatic carbocycles. The summed E-state index contributed by atoms with van der Waals surface area (Å²) in [7, 11) is -1.67. The average molecular weight is 488 g/mol. The van der Waals surface area contributed by atoms with Crippen LogP contribution >= 0.6 is 0 Å². The number of imidazole rings is 1. The fourth-order valence-corrected chi connectivity index (χ4v) is 6.12. The van der Waals surface area contributed by atoms with Gasteiger partial charge in [0.1, 0.15) is 6.54 Å². The zero-order chi connectivity index (χ0) is 24.6. The zero-order valence-corrected chi connectivity index (χ0v) is 20.4. The van der Waals surface area contributed by atoms with Gasteiger partial charge in [0, 0.05) is 19.6 Å². The van der Waals surface area contributed by atoms with E-state index in [0.717, 1.165) is 10.1 Å². The quantitative estimate of drug-likeness (QED) is 0.485. The molecule has 2 aromatic heterocycles. The summed E-state index contributed by atoms with van der Waals surface area (Å²) < 4.78 is 27.7. The van der Waals surface area contributed by atoms with Crippen LogP contribution in [0.25, 0.3) is 11.2 Å². The molecule has 1 atom stereocenters. The summed E-state index contributed by atoms with van der Waals surface area (Å²) in [5, 5.41) is 0. The van der Waals surface area contributed by atoms with Crippen LogP contribution < -0.4 is 11.2 Å². The fraction of sp³-hybridized carbons (Fsp3) is 0.478. The Bertz CT molecular complexity index is 1440. The lowest BCUT2D eigenvalue weighted by Crippen LogP contribution is -2.47. The third-order valence-corrected chi connectivity index (χ3v) is 7.92. The van der Waals surface area contributed by atoms with Crippen molar-refractivity contribution in [2.24, 2.45) is 5.92 Å². The molecular weight excluding hydrogens is 458 g/mol. The maximum atomic E-state index is 13.4. The van der Waals surface area contributed by atoms with E-state index in [1.807, 2.05) is 44.2 Å². The third-order valence-electron chi connectivity index (χ3n) is 6.17. The molecule has 1 saturated heterocycles. The first-order chi connectivity index (χ1) is 16.1. The molecule has 0 N–H and O–H groups in total. The molecule has 0 spiro atoms. The van der Waals surface area contributed by atoms with Crippen molar-refractivity contribution in [1.82, 2.24) is 23.6 Å². The Morgan fingerprint density at radius 1 is 1.18 bits per heavy atom. The van der Waals surface area contributed by atoms with Gasteiger partial charge in [-0.1, -0.05) is 44.2 Å². The van der Waals surface area contributed by atoms with Gasteiger partial charge in [0.2, 0.25) is 5.91 Å². The van der Waals surface area contributed by atoms with Crippen molar-refractivity contribution in [2.75, 3.05) is 18.6 Å². The number of benzene rings is 1. The smallest absolute Gasteiger partial charge is 0.333 e. The van der Waals surface area contributed by atoms with Crippen molar-refractivity contribution >= 4 is 26.9 Å². The normalized spacial score (nSPS) is 17.5. The molecule has 4 rings (SSSR count). The second-order valence-corrected chi connectivity index (χ2v) is 11.5. The maximum Gasteiger partial charge on any atom is 0.333 e. The Labute approximate surface area is 197 Å². The molecule has 0 bridgehead atoms. The first-order valence-electron chi connectivity index (χ1n) is 11.3. The lowest BCUT2D eigenvalue weighted by atomic mass is 10.2. The van der Waals surface area contributed by atoms with E-state index in [-0.39, 0.29) is 35.1 Å². The van der Waals surface area contributed by atoms with Crippen LogP contribution in [0.1, 0.15) is 25.8 Å². The van der Waals surface area contributed by atoms with E-state index in [0.29, 0.717) is 13.0 Å². The maximum absolute atomic E-state index is 13.4. The molecule has 34 heavy (non-hydrogen) atoms. The Morgan fingerprint density at radius 2 is 1.88 bits per heavy atom. The number of likely N-dealkylation sites (N-methyl/N-ethyl adjacent to an activating group) is 1. The van der Waals surface area contributed by atoms with Crippen molar-refractivity contribution < 1.29 is 13.2 Å². The number of hydrogen-bond donors (Lipinski definition) is 0. The molecule has 0 aliphatic carbocycles. The highest BCUT2D eigenvalue weighted by molar-refractivity contribution is 7.91. The van der Waals surface area contributed by atoms with Crippen molar-refractivity contribution in [2.45, 2.75) is 45.9 Å². The number of amides is 1. The van der Waals surface area contributed by atoms with Crippen LogP contribution in [0.5, 0.6) is 0 Å². The van der Waals surface area contributed by atoms with Gasteiger partial charge in [-0.05, 0) is 17.9 Å². The van der Waals surface area contributed by atoms with Crippen LogP contribution in [0.2, 0.25) is 0 Å². The second kappa shape index (κ2) is 9.21. The summed E-state index contributed by atoms with van der Waals surface area (Å²) in [6.45, 7) is 4.28. The van der Waals surface area contributed by atoms with Gasteiger partial charge in [0.15, 0.2) is 21.0 Å². The van der Waals surface area contributed by atoms with Gasteiger partial charge in [-0.25, -0.2) is 22.8 Å². The molecule has 0 unspecified atom stereocenters. The first-order valence-corrected chi connectivity index (χ1v) is 13.1. The standard InChI is InChI=1S/C23H29N5O5S/c1-16(2)11-26-15-24-21-20(26)22(30)28(23(31)27(21)12-17-7-5-4-6-8-17)13-19(29)25(3)18-9-10-34(32,33)14-18/h4-8,15-16,18H,9-14H2,1-3H3/t18-/m0/s1.